The molecule has 3 N–H and O–H groups in total. The molecular weight excluding hydrogens is 214 g/mol. The van der Waals surface area contributed by atoms with E-state index in [-0.39, 0.29) is 17.6 Å². The van der Waals surface area contributed by atoms with Gasteiger partial charge in [-0.25, -0.2) is 8.42 Å². The summed E-state index contributed by atoms with van der Waals surface area (Å²) in [6.07, 6.45) is 3.47. The minimum absolute atomic E-state index is 0.0231. The number of likely N-dealkylation sites (N-methyl/N-ethyl adjacent to an activating group) is 1. The summed E-state index contributed by atoms with van der Waals surface area (Å²) in [6.45, 7) is 2.18. The molecule has 0 saturated heterocycles. The molecule has 5 nitrogen and oxygen atoms in total. The quantitative estimate of drug-likeness (QED) is 0.536. The molecule has 1 rings (SSSR count). The van der Waals surface area contributed by atoms with Gasteiger partial charge in [-0.3, -0.25) is 5.41 Å². The third-order valence-electron chi connectivity index (χ3n) is 2.78. The highest BCUT2D eigenvalue weighted by molar-refractivity contribution is 7.89. The molecule has 88 valence electrons. The Hall–Kier alpha value is -0.620. The molecule has 0 aliphatic heterocycles. The Kier molecular flexibility index (Phi) is 4.10. The van der Waals surface area contributed by atoms with Crippen LogP contribution in [0, 0.1) is 5.41 Å². The summed E-state index contributed by atoms with van der Waals surface area (Å²) in [7, 11) is -3.23. The first-order chi connectivity index (χ1) is 6.98. The van der Waals surface area contributed by atoms with E-state index in [0.29, 0.717) is 6.54 Å². The van der Waals surface area contributed by atoms with Gasteiger partial charge in [0.25, 0.3) is 0 Å². The van der Waals surface area contributed by atoms with E-state index in [2.05, 4.69) is 0 Å². The molecule has 0 aromatic carbocycles. The van der Waals surface area contributed by atoms with Gasteiger partial charge in [-0.1, -0.05) is 19.8 Å². The number of hydrogen-bond donors (Lipinski definition) is 2. The summed E-state index contributed by atoms with van der Waals surface area (Å²) in [4.78, 5) is 0. The molecule has 0 unspecified atom stereocenters. The van der Waals surface area contributed by atoms with Crippen LogP contribution in [-0.4, -0.2) is 36.9 Å². The van der Waals surface area contributed by atoms with Crippen molar-refractivity contribution in [1.82, 2.24) is 4.31 Å². The molecule has 0 aromatic rings. The van der Waals surface area contributed by atoms with E-state index in [9.17, 15) is 8.42 Å². The molecule has 15 heavy (non-hydrogen) atoms. The summed E-state index contributed by atoms with van der Waals surface area (Å²) >= 11 is 0. The molecule has 6 heteroatoms. The second-order valence-corrected chi connectivity index (χ2v) is 6.12. The lowest BCUT2D eigenvalue weighted by molar-refractivity contribution is 0.454. The predicted octanol–water partition coefficient (Wildman–Crippen LogP) is 0.517. The minimum Gasteiger partial charge on any atom is -0.387 e. The van der Waals surface area contributed by atoms with Crippen LogP contribution < -0.4 is 5.73 Å². The van der Waals surface area contributed by atoms with Gasteiger partial charge in [-0.15, -0.1) is 0 Å². The van der Waals surface area contributed by atoms with Gasteiger partial charge >= 0.3 is 0 Å². The van der Waals surface area contributed by atoms with Crippen molar-refractivity contribution in [3.63, 3.8) is 0 Å². The average Bonchev–Trinajstić information content (AvgIpc) is 2.66. The van der Waals surface area contributed by atoms with Gasteiger partial charge < -0.3 is 5.73 Å². The van der Waals surface area contributed by atoms with Gasteiger partial charge in [0.2, 0.25) is 10.0 Å². The van der Waals surface area contributed by atoms with E-state index >= 15 is 0 Å². The van der Waals surface area contributed by atoms with E-state index in [1.165, 1.54) is 4.31 Å². The fourth-order valence-electron chi connectivity index (χ4n) is 1.97. The van der Waals surface area contributed by atoms with Gasteiger partial charge in [0.15, 0.2) is 0 Å². The molecule has 0 aromatic heterocycles. The highest BCUT2D eigenvalue weighted by atomic mass is 32.2. The summed E-state index contributed by atoms with van der Waals surface area (Å²) < 4.78 is 25.5. The Labute approximate surface area is 91.2 Å². The van der Waals surface area contributed by atoms with Gasteiger partial charge in [0.05, 0.1) is 11.8 Å². The van der Waals surface area contributed by atoms with Crippen LogP contribution in [0.3, 0.4) is 0 Å². The molecule has 0 radical (unpaired) electrons. The molecule has 0 bridgehead atoms. The third-order valence-corrected chi connectivity index (χ3v) is 5.20. The van der Waals surface area contributed by atoms with E-state index < -0.39 is 10.0 Å². The number of nitrogens with one attached hydrogen (secondary N) is 1. The van der Waals surface area contributed by atoms with Crippen LogP contribution in [0.5, 0.6) is 0 Å². The lowest BCUT2D eigenvalue weighted by Gasteiger charge is -2.23. The monoisotopic (exact) mass is 233 g/mol. The van der Waals surface area contributed by atoms with Crippen LogP contribution in [0.4, 0.5) is 0 Å². The Bertz CT molecular complexity index is 320. The third kappa shape index (κ3) is 2.92. The summed E-state index contributed by atoms with van der Waals surface area (Å²) in [6, 6.07) is 0. The topological polar surface area (TPSA) is 87.2 Å². The number of rotatable bonds is 5. The van der Waals surface area contributed by atoms with Crippen molar-refractivity contribution in [3.8, 4) is 0 Å². The zero-order valence-corrected chi connectivity index (χ0v) is 9.89. The van der Waals surface area contributed by atoms with Gasteiger partial charge in [0, 0.05) is 6.54 Å². The van der Waals surface area contributed by atoms with E-state index in [1.807, 2.05) is 0 Å². The normalized spacial score (nSPS) is 18.5. The molecular formula is C9H19N3O2S. The fourth-order valence-corrected chi connectivity index (χ4v) is 4.00. The van der Waals surface area contributed by atoms with E-state index in [1.54, 1.807) is 6.92 Å². The van der Waals surface area contributed by atoms with Crippen LogP contribution in [0.1, 0.15) is 32.6 Å². The molecule has 1 saturated carbocycles. The Balaban J connectivity index is 2.76. The van der Waals surface area contributed by atoms with Gasteiger partial charge in [0.1, 0.15) is 5.84 Å². The van der Waals surface area contributed by atoms with Crippen LogP contribution in [0.15, 0.2) is 0 Å². The number of hydrogen-bond acceptors (Lipinski definition) is 3. The van der Waals surface area contributed by atoms with Crippen molar-refractivity contribution in [2.75, 3.05) is 13.1 Å². The molecule has 1 aliphatic carbocycles. The minimum atomic E-state index is -3.23. The average molecular weight is 233 g/mol. The van der Waals surface area contributed by atoms with E-state index in [0.717, 1.165) is 25.7 Å². The summed E-state index contributed by atoms with van der Waals surface area (Å²) in [5.74, 6) is -0.0987. The van der Waals surface area contributed by atoms with Gasteiger partial charge in [-0.05, 0) is 12.8 Å². The summed E-state index contributed by atoms with van der Waals surface area (Å²) in [5.41, 5.74) is 5.24. The highest BCUT2D eigenvalue weighted by Crippen LogP contribution is 2.26. The number of amidine groups is 1. The van der Waals surface area contributed by atoms with Crippen LogP contribution >= 0.6 is 0 Å². The fraction of sp³-hybridized carbons (Fsp3) is 0.889. The lowest BCUT2D eigenvalue weighted by atomic mass is 10.4. The maximum atomic E-state index is 12.1. The van der Waals surface area contributed by atoms with Crippen LogP contribution in [0.2, 0.25) is 0 Å². The standard InChI is InChI=1S/C9H19N3O2S/c1-2-12(7-9(10)11)15(13,14)8-5-3-4-6-8/h8H,2-7H2,1H3,(H3,10,11). The maximum Gasteiger partial charge on any atom is 0.217 e. The first-order valence-electron chi connectivity index (χ1n) is 5.30. The van der Waals surface area contributed by atoms with Crippen molar-refractivity contribution in [3.05, 3.63) is 0 Å². The van der Waals surface area contributed by atoms with Crippen LogP contribution in [0.25, 0.3) is 0 Å². The Morgan fingerprint density at radius 3 is 2.40 bits per heavy atom. The SMILES string of the molecule is CCN(CC(=N)N)S(=O)(=O)C1CCCC1. The molecule has 0 atom stereocenters. The maximum absolute atomic E-state index is 12.1. The molecule has 0 spiro atoms. The number of sulfonamides is 1. The zero-order chi connectivity index (χ0) is 11.5. The first kappa shape index (κ1) is 12.4. The van der Waals surface area contributed by atoms with Gasteiger partial charge in [-0.2, -0.15) is 4.31 Å². The number of nitrogens with two attached hydrogens (primary N) is 1. The van der Waals surface area contributed by atoms with Crippen LogP contribution in [-0.2, 0) is 10.0 Å². The van der Waals surface area contributed by atoms with Crippen molar-refractivity contribution in [1.29, 1.82) is 5.41 Å². The molecule has 0 amide bonds. The summed E-state index contributed by atoms with van der Waals surface area (Å²) in [5, 5.41) is 6.90. The Morgan fingerprint density at radius 1 is 1.47 bits per heavy atom. The molecule has 1 aliphatic rings. The largest absolute Gasteiger partial charge is 0.387 e. The first-order valence-corrected chi connectivity index (χ1v) is 6.80. The van der Waals surface area contributed by atoms with Crippen molar-refractivity contribution in [2.45, 2.75) is 37.9 Å². The number of nitrogens with zero attached hydrogens (tertiary/aromatic N) is 1. The van der Waals surface area contributed by atoms with Crippen molar-refractivity contribution in [2.24, 2.45) is 5.73 Å². The zero-order valence-electron chi connectivity index (χ0n) is 9.07. The Morgan fingerprint density at radius 2 is 2.00 bits per heavy atom. The smallest absolute Gasteiger partial charge is 0.217 e. The lowest BCUT2D eigenvalue weighted by Crippen LogP contribution is -2.42. The highest BCUT2D eigenvalue weighted by Gasteiger charge is 2.33. The molecule has 1 fully saturated rings. The second-order valence-electron chi connectivity index (χ2n) is 3.90. The second kappa shape index (κ2) is 4.94. The van der Waals surface area contributed by atoms with E-state index in [4.69, 9.17) is 11.1 Å². The van der Waals surface area contributed by atoms with Crippen molar-refractivity contribution >= 4 is 15.9 Å². The predicted molar refractivity (Wildman–Crippen MR) is 60.3 cm³/mol. The molecule has 0 heterocycles. The van der Waals surface area contributed by atoms with Crippen molar-refractivity contribution < 1.29 is 8.42 Å².